The molecule has 0 aliphatic rings. The van der Waals surface area contributed by atoms with Crippen LogP contribution in [0.1, 0.15) is 27.6 Å². The number of benzene rings is 2. The van der Waals surface area contributed by atoms with Crippen LogP contribution >= 0.6 is 0 Å². The number of aliphatic hydroxyl groups is 1. The number of nitrogens with one attached hydrogen (secondary N) is 1. The summed E-state index contributed by atoms with van der Waals surface area (Å²) >= 11 is 0. The van der Waals surface area contributed by atoms with Crippen molar-refractivity contribution in [2.45, 2.75) is 13.0 Å². The molecule has 2 aromatic rings. The minimum absolute atomic E-state index is 0.166. The van der Waals surface area contributed by atoms with E-state index in [9.17, 15) is 9.90 Å². The van der Waals surface area contributed by atoms with Crippen LogP contribution in [0.4, 0.5) is 0 Å². The van der Waals surface area contributed by atoms with Gasteiger partial charge < -0.3 is 15.2 Å². The molecule has 0 spiro atoms. The Morgan fingerprint density at radius 2 is 1.86 bits per heavy atom. The number of aliphatic hydroxyl groups excluding tert-OH is 1. The van der Waals surface area contributed by atoms with E-state index in [2.05, 4.69) is 5.32 Å². The van der Waals surface area contributed by atoms with E-state index < -0.39 is 6.10 Å². The Morgan fingerprint density at radius 1 is 1.19 bits per heavy atom. The van der Waals surface area contributed by atoms with Crippen molar-refractivity contribution in [1.29, 1.82) is 0 Å². The molecule has 4 nitrogen and oxygen atoms in total. The third-order valence-corrected chi connectivity index (χ3v) is 3.35. The van der Waals surface area contributed by atoms with E-state index in [1.54, 1.807) is 37.4 Å². The summed E-state index contributed by atoms with van der Waals surface area (Å²) in [6.45, 7) is 2.05. The molecular formula is C17H19NO3. The van der Waals surface area contributed by atoms with Gasteiger partial charge in [-0.25, -0.2) is 0 Å². The van der Waals surface area contributed by atoms with Gasteiger partial charge in [0.2, 0.25) is 0 Å². The summed E-state index contributed by atoms with van der Waals surface area (Å²) in [5.41, 5.74) is 2.27. The van der Waals surface area contributed by atoms with E-state index in [4.69, 9.17) is 4.74 Å². The topological polar surface area (TPSA) is 58.6 Å². The van der Waals surface area contributed by atoms with Crippen molar-refractivity contribution in [3.8, 4) is 5.75 Å². The largest absolute Gasteiger partial charge is 0.497 e. The number of rotatable bonds is 5. The van der Waals surface area contributed by atoms with E-state index >= 15 is 0 Å². The third-order valence-electron chi connectivity index (χ3n) is 3.35. The van der Waals surface area contributed by atoms with Gasteiger partial charge in [-0.2, -0.15) is 0 Å². The maximum absolute atomic E-state index is 12.1. The van der Waals surface area contributed by atoms with E-state index in [-0.39, 0.29) is 12.5 Å². The van der Waals surface area contributed by atoms with Crippen LogP contribution in [-0.4, -0.2) is 24.7 Å². The molecule has 4 heteroatoms. The standard InChI is InChI=1S/C17H19NO3/c1-12-5-3-4-6-15(12)17(20)18-11-16(19)13-7-9-14(21-2)10-8-13/h3-10,16,19H,11H2,1-2H3,(H,18,20)/t16-/m1/s1. The highest BCUT2D eigenvalue weighted by Crippen LogP contribution is 2.17. The molecule has 1 atom stereocenters. The van der Waals surface area contributed by atoms with Gasteiger partial charge in [-0.3, -0.25) is 4.79 Å². The Kier molecular flexibility index (Phi) is 4.95. The zero-order valence-electron chi connectivity index (χ0n) is 12.2. The normalized spacial score (nSPS) is 11.8. The minimum atomic E-state index is -0.746. The number of amides is 1. The van der Waals surface area contributed by atoms with Crippen molar-refractivity contribution in [2.75, 3.05) is 13.7 Å². The quantitative estimate of drug-likeness (QED) is 0.887. The maximum Gasteiger partial charge on any atom is 0.251 e. The molecule has 2 N–H and O–H groups in total. The van der Waals surface area contributed by atoms with Crippen LogP contribution in [0.25, 0.3) is 0 Å². The summed E-state index contributed by atoms with van der Waals surface area (Å²) in [6.07, 6.45) is -0.746. The van der Waals surface area contributed by atoms with E-state index in [0.717, 1.165) is 16.9 Å². The van der Waals surface area contributed by atoms with Gasteiger partial charge in [0.15, 0.2) is 0 Å². The lowest BCUT2D eigenvalue weighted by molar-refractivity contribution is 0.0915. The van der Waals surface area contributed by atoms with Crippen molar-refractivity contribution in [1.82, 2.24) is 5.32 Å². The van der Waals surface area contributed by atoms with Gasteiger partial charge >= 0.3 is 0 Å². The lowest BCUT2D eigenvalue weighted by Crippen LogP contribution is -2.28. The summed E-state index contributed by atoms with van der Waals surface area (Å²) in [5, 5.41) is 12.8. The number of aryl methyl sites for hydroxylation is 1. The number of methoxy groups -OCH3 is 1. The molecule has 0 heterocycles. The van der Waals surface area contributed by atoms with Crippen LogP contribution in [0, 0.1) is 6.92 Å². The molecule has 0 bridgehead atoms. The van der Waals surface area contributed by atoms with Gasteiger partial charge in [-0.05, 0) is 36.2 Å². The van der Waals surface area contributed by atoms with Gasteiger partial charge in [0.05, 0.1) is 13.2 Å². The van der Waals surface area contributed by atoms with Crippen LogP contribution < -0.4 is 10.1 Å². The van der Waals surface area contributed by atoms with Crippen molar-refractivity contribution in [3.63, 3.8) is 0 Å². The van der Waals surface area contributed by atoms with Crippen LogP contribution in [-0.2, 0) is 0 Å². The Bertz CT molecular complexity index is 608. The average Bonchev–Trinajstić information content (AvgIpc) is 2.52. The molecule has 2 aromatic carbocycles. The first-order chi connectivity index (χ1) is 10.1. The summed E-state index contributed by atoms with van der Waals surface area (Å²) < 4.78 is 5.07. The number of carbonyl (C=O) groups is 1. The second-order valence-corrected chi connectivity index (χ2v) is 4.81. The highest BCUT2D eigenvalue weighted by molar-refractivity contribution is 5.95. The second-order valence-electron chi connectivity index (χ2n) is 4.81. The van der Waals surface area contributed by atoms with Crippen molar-refractivity contribution < 1.29 is 14.6 Å². The van der Waals surface area contributed by atoms with E-state index in [0.29, 0.717) is 5.56 Å². The summed E-state index contributed by atoms with van der Waals surface area (Å²) in [7, 11) is 1.59. The first kappa shape index (κ1) is 15.1. The minimum Gasteiger partial charge on any atom is -0.497 e. The molecule has 0 unspecified atom stereocenters. The summed E-state index contributed by atoms with van der Waals surface area (Å²) in [6, 6.07) is 14.5. The summed E-state index contributed by atoms with van der Waals surface area (Å²) in [4.78, 5) is 12.1. The van der Waals surface area contributed by atoms with Gasteiger partial charge in [0.1, 0.15) is 5.75 Å². The Labute approximate surface area is 124 Å². The number of carbonyl (C=O) groups excluding carboxylic acids is 1. The van der Waals surface area contributed by atoms with Crippen molar-refractivity contribution in [2.24, 2.45) is 0 Å². The molecular weight excluding hydrogens is 266 g/mol. The highest BCUT2D eigenvalue weighted by atomic mass is 16.5. The Balaban J connectivity index is 1.95. The molecule has 1 amide bonds. The SMILES string of the molecule is COc1ccc([C@H](O)CNC(=O)c2ccccc2C)cc1. The highest BCUT2D eigenvalue weighted by Gasteiger charge is 2.12. The van der Waals surface area contributed by atoms with Gasteiger partial charge in [-0.15, -0.1) is 0 Å². The lowest BCUT2D eigenvalue weighted by atomic mass is 10.1. The Morgan fingerprint density at radius 3 is 2.48 bits per heavy atom. The molecule has 0 saturated heterocycles. The summed E-state index contributed by atoms with van der Waals surface area (Å²) in [5.74, 6) is 0.551. The van der Waals surface area contributed by atoms with Gasteiger partial charge in [0.25, 0.3) is 5.91 Å². The lowest BCUT2D eigenvalue weighted by Gasteiger charge is -2.13. The molecule has 21 heavy (non-hydrogen) atoms. The number of hydrogen-bond acceptors (Lipinski definition) is 3. The fourth-order valence-corrected chi connectivity index (χ4v) is 2.06. The van der Waals surface area contributed by atoms with E-state index in [1.807, 2.05) is 25.1 Å². The zero-order chi connectivity index (χ0) is 15.2. The smallest absolute Gasteiger partial charge is 0.251 e. The van der Waals surface area contributed by atoms with Crippen LogP contribution in [0.3, 0.4) is 0 Å². The molecule has 0 fully saturated rings. The van der Waals surface area contributed by atoms with E-state index in [1.165, 1.54) is 0 Å². The zero-order valence-corrected chi connectivity index (χ0v) is 12.2. The van der Waals surface area contributed by atoms with Crippen LogP contribution in [0.2, 0.25) is 0 Å². The molecule has 0 aliphatic heterocycles. The molecule has 110 valence electrons. The predicted octanol–water partition coefficient (Wildman–Crippen LogP) is 2.47. The monoisotopic (exact) mass is 285 g/mol. The molecule has 0 aromatic heterocycles. The van der Waals surface area contributed by atoms with Crippen molar-refractivity contribution in [3.05, 3.63) is 65.2 Å². The number of ether oxygens (including phenoxy) is 1. The molecule has 2 rings (SSSR count). The average molecular weight is 285 g/mol. The van der Waals surface area contributed by atoms with Gasteiger partial charge in [-0.1, -0.05) is 30.3 Å². The number of hydrogen-bond donors (Lipinski definition) is 2. The molecule has 0 saturated carbocycles. The Hall–Kier alpha value is -2.33. The molecule has 0 aliphatic carbocycles. The third kappa shape index (κ3) is 3.83. The van der Waals surface area contributed by atoms with Crippen LogP contribution in [0.5, 0.6) is 5.75 Å². The fourth-order valence-electron chi connectivity index (χ4n) is 2.06. The predicted molar refractivity (Wildman–Crippen MR) is 81.5 cm³/mol. The van der Waals surface area contributed by atoms with Gasteiger partial charge in [0, 0.05) is 12.1 Å². The van der Waals surface area contributed by atoms with Crippen LogP contribution in [0.15, 0.2) is 48.5 Å². The first-order valence-electron chi connectivity index (χ1n) is 6.77. The fraction of sp³-hybridized carbons (Fsp3) is 0.235. The first-order valence-corrected chi connectivity index (χ1v) is 6.77. The second kappa shape index (κ2) is 6.90. The molecule has 0 radical (unpaired) electrons. The van der Waals surface area contributed by atoms with Crippen molar-refractivity contribution >= 4 is 5.91 Å². The maximum atomic E-state index is 12.1.